The van der Waals surface area contributed by atoms with Gasteiger partial charge in [-0.15, -0.1) is 0 Å². The lowest BCUT2D eigenvalue weighted by Gasteiger charge is -2.23. The predicted molar refractivity (Wildman–Crippen MR) is 74.0 cm³/mol. The topological polar surface area (TPSA) is 57.8 Å². The lowest BCUT2D eigenvalue weighted by Crippen LogP contribution is -2.26. The maximum absolute atomic E-state index is 11.6. The van der Waals surface area contributed by atoms with Crippen molar-refractivity contribution >= 4 is 5.82 Å². The highest BCUT2D eigenvalue weighted by Gasteiger charge is 2.26. The monoisotopic (exact) mass is 249 g/mol. The second kappa shape index (κ2) is 5.55. The lowest BCUT2D eigenvalue weighted by atomic mass is 9.95. The fourth-order valence-corrected chi connectivity index (χ4v) is 2.45. The molecule has 100 valence electrons. The van der Waals surface area contributed by atoms with Crippen molar-refractivity contribution < 1.29 is 0 Å². The first-order valence-electron chi connectivity index (χ1n) is 7.01. The Bertz CT molecular complexity index is 447. The Labute approximate surface area is 108 Å². The van der Waals surface area contributed by atoms with E-state index in [-0.39, 0.29) is 5.56 Å². The summed E-state index contributed by atoms with van der Waals surface area (Å²) >= 11 is 0. The van der Waals surface area contributed by atoms with Gasteiger partial charge in [-0.05, 0) is 25.7 Å². The zero-order valence-corrected chi connectivity index (χ0v) is 11.5. The largest absolute Gasteiger partial charge is 0.367 e. The molecule has 0 aliphatic heterocycles. The van der Waals surface area contributed by atoms with Crippen molar-refractivity contribution in [1.82, 2.24) is 9.97 Å². The van der Waals surface area contributed by atoms with Crippen LogP contribution in [0.4, 0.5) is 5.82 Å². The molecule has 0 saturated heterocycles. The molecule has 4 heteroatoms. The summed E-state index contributed by atoms with van der Waals surface area (Å²) in [6.45, 7) is 6.57. The number of nitrogens with zero attached hydrogens (tertiary/aromatic N) is 1. The van der Waals surface area contributed by atoms with E-state index in [9.17, 15) is 4.79 Å². The molecular formula is C14H23N3O. The van der Waals surface area contributed by atoms with Gasteiger partial charge in [0.2, 0.25) is 0 Å². The Morgan fingerprint density at radius 3 is 2.67 bits per heavy atom. The summed E-state index contributed by atoms with van der Waals surface area (Å²) in [7, 11) is 0. The van der Waals surface area contributed by atoms with E-state index in [1.165, 1.54) is 0 Å². The third kappa shape index (κ3) is 3.12. The van der Waals surface area contributed by atoms with E-state index in [2.05, 4.69) is 36.1 Å². The first kappa shape index (κ1) is 13.1. The summed E-state index contributed by atoms with van der Waals surface area (Å²) in [6.07, 6.45) is 4.58. The third-order valence-corrected chi connectivity index (χ3v) is 3.86. The average molecular weight is 249 g/mol. The minimum atomic E-state index is -0.0499. The van der Waals surface area contributed by atoms with Crippen LogP contribution >= 0.6 is 0 Å². The SMILES string of the molecule is CCC(CC)C(C)Nc1cc(=O)[nH]c(C2CC2)n1. The van der Waals surface area contributed by atoms with E-state index < -0.39 is 0 Å². The highest BCUT2D eigenvalue weighted by Crippen LogP contribution is 2.37. The van der Waals surface area contributed by atoms with E-state index in [0.29, 0.717) is 17.9 Å². The summed E-state index contributed by atoms with van der Waals surface area (Å²) in [5.41, 5.74) is -0.0499. The van der Waals surface area contributed by atoms with Crippen molar-refractivity contribution in [3.63, 3.8) is 0 Å². The molecule has 4 nitrogen and oxygen atoms in total. The van der Waals surface area contributed by atoms with Gasteiger partial charge in [-0.3, -0.25) is 4.79 Å². The van der Waals surface area contributed by atoms with Gasteiger partial charge in [-0.1, -0.05) is 26.7 Å². The number of aromatic nitrogens is 2. The normalized spacial score (nSPS) is 16.9. The molecule has 2 rings (SSSR count). The zero-order chi connectivity index (χ0) is 13.1. The summed E-state index contributed by atoms with van der Waals surface area (Å²) in [4.78, 5) is 19.0. The predicted octanol–water partition coefficient (Wildman–Crippen LogP) is 2.88. The van der Waals surface area contributed by atoms with Crippen LogP contribution in [0.2, 0.25) is 0 Å². The maximum atomic E-state index is 11.6. The molecule has 0 aromatic carbocycles. The number of nitrogens with one attached hydrogen (secondary N) is 2. The molecule has 1 atom stereocenters. The van der Waals surface area contributed by atoms with E-state index in [1.807, 2.05) is 0 Å². The first-order valence-corrected chi connectivity index (χ1v) is 7.01. The van der Waals surface area contributed by atoms with Gasteiger partial charge in [0.1, 0.15) is 11.6 Å². The molecule has 1 aromatic rings. The molecular weight excluding hydrogens is 226 g/mol. The molecule has 1 heterocycles. The third-order valence-electron chi connectivity index (χ3n) is 3.86. The van der Waals surface area contributed by atoms with Gasteiger partial charge in [0.15, 0.2) is 0 Å². The number of aromatic amines is 1. The molecule has 0 spiro atoms. The van der Waals surface area contributed by atoms with Gasteiger partial charge in [0, 0.05) is 18.0 Å². The van der Waals surface area contributed by atoms with Gasteiger partial charge >= 0.3 is 0 Å². The Morgan fingerprint density at radius 2 is 2.11 bits per heavy atom. The number of hydrogen-bond donors (Lipinski definition) is 2. The Hall–Kier alpha value is -1.32. The smallest absolute Gasteiger partial charge is 0.252 e. The van der Waals surface area contributed by atoms with Crippen molar-refractivity contribution in [3.05, 3.63) is 22.2 Å². The second-order valence-electron chi connectivity index (χ2n) is 5.30. The summed E-state index contributed by atoms with van der Waals surface area (Å²) < 4.78 is 0. The molecule has 1 aromatic heterocycles. The van der Waals surface area contributed by atoms with Crippen LogP contribution in [0.1, 0.15) is 58.2 Å². The van der Waals surface area contributed by atoms with E-state index in [4.69, 9.17) is 0 Å². The molecule has 0 amide bonds. The molecule has 1 aliphatic carbocycles. The Morgan fingerprint density at radius 1 is 1.44 bits per heavy atom. The highest BCUT2D eigenvalue weighted by molar-refractivity contribution is 5.35. The lowest BCUT2D eigenvalue weighted by molar-refractivity contribution is 0.437. The van der Waals surface area contributed by atoms with Crippen LogP contribution in [-0.2, 0) is 0 Å². The molecule has 0 bridgehead atoms. The van der Waals surface area contributed by atoms with Gasteiger partial charge in [0.05, 0.1) is 0 Å². The van der Waals surface area contributed by atoms with Crippen LogP contribution in [0, 0.1) is 5.92 Å². The Kier molecular flexibility index (Phi) is 4.04. The highest BCUT2D eigenvalue weighted by atomic mass is 16.1. The van der Waals surface area contributed by atoms with Gasteiger partial charge in [0.25, 0.3) is 5.56 Å². The summed E-state index contributed by atoms with van der Waals surface area (Å²) in [5.74, 6) is 2.67. The molecule has 18 heavy (non-hydrogen) atoms. The number of H-pyrrole nitrogens is 1. The van der Waals surface area contributed by atoms with Crippen molar-refractivity contribution in [1.29, 1.82) is 0 Å². The van der Waals surface area contributed by atoms with Crippen molar-refractivity contribution in [2.75, 3.05) is 5.32 Å². The number of anilines is 1. The van der Waals surface area contributed by atoms with Crippen molar-refractivity contribution in [3.8, 4) is 0 Å². The van der Waals surface area contributed by atoms with Gasteiger partial charge in [-0.2, -0.15) is 0 Å². The maximum Gasteiger partial charge on any atom is 0.252 e. The number of hydrogen-bond acceptors (Lipinski definition) is 3. The van der Waals surface area contributed by atoms with E-state index in [1.54, 1.807) is 6.07 Å². The molecule has 1 fully saturated rings. The fourth-order valence-electron chi connectivity index (χ4n) is 2.45. The fraction of sp³-hybridized carbons (Fsp3) is 0.714. The van der Waals surface area contributed by atoms with Crippen molar-refractivity contribution in [2.24, 2.45) is 5.92 Å². The van der Waals surface area contributed by atoms with Gasteiger partial charge < -0.3 is 10.3 Å². The molecule has 2 N–H and O–H groups in total. The van der Waals surface area contributed by atoms with Crippen LogP contribution in [-0.4, -0.2) is 16.0 Å². The number of rotatable bonds is 6. The minimum absolute atomic E-state index is 0.0499. The molecule has 0 radical (unpaired) electrons. The quantitative estimate of drug-likeness (QED) is 0.815. The van der Waals surface area contributed by atoms with Crippen LogP contribution in [0.3, 0.4) is 0 Å². The molecule has 1 aliphatic rings. The van der Waals surface area contributed by atoms with Crippen LogP contribution in [0.15, 0.2) is 10.9 Å². The standard InChI is InChI=1S/C14H23N3O/c1-4-10(5-2)9(3)15-12-8-13(18)17-14(16-12)11-6-7-11/h8-11H,4-7H2,1-3H3,(H2,15,16,17,18). The van der Waals surface area contributed by atoms with Crippen LogP contribution < -0.4 is 10.9 Å². The zero-order valence-electron chi connectivity index (χ0n) is 11.5. The summed E-state index contributed by atoms with van der Waals surface area (Å²) in [5, 5.41) is 3.38. The summed E-state index contributed by atoms with van der Waals surface area (Å²) in [6, 6.07) is 1.91. The van der Waals surface area contributed by atoms with Crippen LogP contribution in [0.25, 0.3) is 0 Å². The Balaban J connectivity index is 2.10. The van der Waals surface area contributed by atoms with Gasteiger partial charge in [-0.25, -0.2) is 4.98 Å². The molecule has 1 unspecified atom stereocenters. The minimum Gasteiger partial charge on any atom is -0.367 e. The molecule has 1 saturated carbocycles. The van der Waals surface area contributed by atoms with Crippen molar-refractivity contribution in [2.45, 2.75) is 58.4 Å². The average Bonchev–Trinajstić information content (AvgIpc) is 3.13. The van der Waals surface area contributed by atoms with Crippen LogP contribution in [0.5, 0.6) is 0 Å². The van der Waals surface area contributed by atoms with E-state index in [0.717, 1.165) is 37.3 Å². The second-order valence-corrected chi connectivity index (χ2v) is 5.30. The first-order chi connectivity index (χ1) is 8.63. The van der Waals surface area contributed by atoms with E-state index >= 15 is 0 Å².